The summed E-state index contributed by atoms with van der Waals surface area (Å²) in [6.45, 7) is 2.94. The summed E-state index contributed by atoms with van der Waals surface area (Å²) in [6.07, 6.45) is 2.25. The number of halogens is 2. The molecule has 0 saturated heterocycles. The van der Waals surface area contributed by atoms with Gasteiger partial charge in [-0.25, -0.2) is 8.42 Å². The van der Waals surface area contributed by atoms with E-state index in [2.05, 4.69) is 0 Å². The van der Waals surface area contributed by atoms with Crippen molar-refractivity contribution in [2.75, 3.05) is 13.1 Å². The van der Waals surface area contributed by atoms with Gasteiger partial charge in [-0.2, -0.15) is 4.31 Å². The molecule has 0 amide bonds. The Morgan fingerprint density at radius 1 is 1.37 bits per heavy atom. The Balaban J connectivity index is 2.28. The third-order valence-corrected chi connectivity index (χ3v) is 5.89. The second kappa shape index (κ2) is 6.00. The lowest BCUT2D eigenvalue weighted by Crippen LogP contribution is -2.32. The van der Waals surface area contributed by atoms with E-state index < -0.39 is 10.0 Å². The van der Waals surface area contributed by atoms with Crippen LogP contribution in [0.5, 0.6) is 0 Å². The van der Waals surface area contributed by atoms with Crippen molar-refractivity contribution >= 4 is 33.2 Å². The fourth-order valence-electron chi connectivity index (χ4n) is 1.93. The van der Waals surface area contributed by atoms with Gasteiger partial charge in [0, 0.05) is 24.0 Å². The van der Waals surface area contributed by atoms with Crippen LogP contribution < -0.4 is 0 Å². The van der Waals surface area contributed by atoms with E-state index >= 15 is 0 Å². The Bertz CT molecular complexity index is 556. The fourth-order valence-corrected chi connectivity index (χ4v) is 4.10. The average Bonchev–Trinajstić information content (AvgIpc) is 3.19. The molecule has 0 spiro atoms. The monoisotopic (exact) mass is 321 g/mol. The third-order valence-electron chi connectivity index (χ3n) is 3.32. The summed E-state index contributed by atoms with van der Waals surface area (Å²) in [5.41, 5.74) is 0.743. The van der Waals surface area contributed by atoms with E-state index in [0.29, 0.717) is 24.0 Å². The first kappa shape index (κ1) is 15.1. The van der Waals surface area contributed by atoms with Crippen LogP contribution in [0.1, 0.15) is 25.3 Å². The number of alkyl halides is 1. The van der Waals surface area contributed by atoms with Gasteiger partial charge in [0.2, 0.25) is 10.0 Å². The zero-order chi connectivity index (χ0) is 14.0. The smallest absolute Gasteiger partial charge is 0.207 e. The van der Waals surface area contributed by atoms with E-state index in [9.17, 15) is 8.42 Å². The molecule has 0 radical (unpaired) electrons. The Kier molecular flexibility index (Phi) is 4.77. The molecule has 0 bridgehead atoms. The van der Waals surface area contributed by atoms with Gasteiger partial charge in [0.15, 0.2) is 0 Å². The van der Waals surface area contributed by atoms with Gasteiger partial charge in [-0.15, -0.1) is 11.6 Å². The zero-order valence-corrected chi connectivity index (χ0v) is 13.1. The molecule has 106 valence electrons. The van der Waals surface area contributed by atoms with Crippen molar-refractivity contribution in [3.63, 3.8) is 0 Å². The van der Waals surface area contributed by atoms with Crippen molar-refractivity contribution in [1.29, 1.82) is 0 Å². The summed E-state index contributed by atoms with van der Waals surface area (Å²) < 4.78 is 26.6. The molecule has 19 heavy (non-hydrogen) atoms. The number of sulfonamides is 1. The van der Waals surface area contributed by atoms with E-state index in [1.165, 1.54) is 10.4 Å². The topological polar surface area (TPSA) is 37.4 Å². The van der Waals surface area contributed by atoms with Crippen LogP contribution in [-0.2, 0) is 15.9 Å². The number of hydrogen-bond acceptors (Lipinski definition) is 2. The first-order valence-corrected chi connectivity index (χ1v) is 8.68. The van der Waals surface area contributed by atoms with Gasteiger partial charge < -0.3 is 0 Å². The van der Waals surface area contributed by atoms with Crippen LogP contribution in [0.4, 0.5) is 0 Å². The van der Waals surface area contributed by atoms with Crippen LogP contribution in [0.25, 0.3) is 0 Å². The highest BCUT2D eigenvalue weighted by molar-refractivity contribution is 7.89. The first-order valence-electron chi connectivity index (χ1n) is 6.33. The SMILES string of the molecule is CCN(CC1CC1)S(=O)(=O)c1ccc(CCl)c(Cl)c1. The van der Waals surface area contributed by atoms with Gasteiger partial charge in [0.05, 0.1) is 4.90 Å². The predicted octanol–water partition coefficient (Wildman–Crippen LogP) is 3.50. The van der Waals surface area contributed by atoms with Crippen molar-refractivity contribution in [2.24, 2.45) is 5.92 Å². The van der Waals surface area contributed by atoms with E-state index in [0.717, 1.165) is 18.4 Å². The van der Waals surface area contributed by atoms with Crippen LogP contribution in [0.15, 0.2) is 23.1 Å². The van der Waals surface area contributed by atoms with E-state index in [1.54, 1.807) is 12.1 Å². The maximum Gasteiger partial charge on any atom is 0.243 e. The molecule has 0 aromatic heterocycles. The van der Waals surface area contributed by atoms with Crippen LogP contribution in [0, 0.1) is 5.92 Å². The Morgan fingerprint density at radius 2 is 2.05 bits per heavy atom. The van der Waals surface area contributed by atoms with Crippen LogP contribution in [-0.4, -0.2) is 25.8 Å². The maximum atomic E-state index is 12.5. The molecule has 6 heteroatoms. The molecule has 0 aliphatic heterocycles. The highest BCUT2D eigenvalue weighted by Crippen LogP contribution is 2.32. The minimum absolute atomic E-state index is 0.244. The molecular formula is C13H17Cl2NO2S. The highest BCUT2D eigenvalue weighted by Gasteiger charge is 2.30. The summed E-state index contributed by atoms with van der Waals surface area (Å²) in [7, 11) is -3.45. The summed E-state index contributed by atoms with van der Waals surface area (Å²) in [5, 5.41) is 0.401. The second-order valence-corrected chi connectivity index (χ2v) is 7.40. The quantitative estimate of drug-likeness (QED) is 0.752. The Morgan fingerprint density at radius 3 is 2.53 bits per heavy atom. The van der Waals surface area contributed by atoms with E-state index in [1.807, 2.05) is 6.92 Å². The van der Waals surface area contributed by atoms with Crippen molar-refractivity contribution < 1.29 is 8.42 Å². The van der Waals surface area contributed by atoms with Crippen molar-refractivity contribution in [3.05, 3.63) is 28.8 Å². The van der Waals surface area contributed by atoms with Crippen molar-refractivity contribution in [2.45, 2.75) is 30.5 Å². The molecule has 0 heterocycles. The molecule has 1 aromatic carbocycles. The summed E-state index contributed by atoms with van der Waals surface area (Å²) in [4.78, 5) is 0.244. The lowest BCUT2D eigenvalue weighted by Gasteiger charge is -2.20. The number of benzene rings is 1. The fraction of sp³-hybridized carbons (Fsp3) is 0.538. The van der Waals surface area contributed by atoms with Gasteiger partial charge in [0.1, 0.15) is 0 Å². The number of rotatable bonds is 6. The lowest BCUT2D eigenvalue weighted by molar-refractivity contribution is 0.412. The van der Waals surface area contributed by atoms with Crippen LogP contribution in [0.2, 0.25) is 5.02 Å². The summed E-state index contributed by atoms with van der Waals surface area (Å²) in [5.74, 6) is 0.797. The lowest BCUT2D eigenvalue weighted by atomic mass is 10.2. The Hall–Kier alpha value is -0.290. The molecular weight excluding hydrogens is 305 g/mol. The second-order valence-electron chi connectivity index (χ2n) is 4.79. The molecule has 1 aliphatic carbocycles. The number of hydrogen-bond donors (Lipinski definition) is 0. The molecule has 1 saturated carbocycles. The third kappa shape index (κ3) is 3.43. The normalized spacial score (nSPS) is 16.0. The van der Waals surface area contributed by atoms with Gasteiger partial charge in [-0.1, -0.05) is 24.6 Å². The molecule has 1 aromatic rings. The van der Waals surface area contributed by atoms with Gasteiger partial charge in [0.25, 0.3) is 0 Å². The minimum atomic E-state index is -3.45. The molecule has 1 aliphatic rings. The standard InChI is InChI=1S/C13H17Cl2NO2S/c1-2-16(9-10-3-4-10)19(17,18)12-6-5-11(8-14)13(15)7-12/h5-7,10H,2-4,8-9H2,1H3. The molecule has 3 nitrogen and oxygen atoms in total. The summed E-state index contributed by atoms with van der Waals surface area (Å²) in [6, 6.07) is 4.74. The van der Waals surface area contributed by atoms with Crippen molar-refractivity contribution in [1.82, 2.24) is 4.31 Å². The largest absolute Gasteiger partial charge is 0.243 e. The van der Waals surface area contributed by atoms with Crippen molar-refractivity contribution in [3.8, 4) is 0 Å². The zero-order valence-electron chi connectivity index (χ0n) is 10.8. The maximum absolute atomic E-state index is 12.5. The first-order chi connectivity index (χ1) is 8.98. The summed E-state index contributed by atoms with van der Waals surface area (Å²) >= 11 is 11.8. The molecule has 1 fully saturated rings. The minimum Gasteiger partial charge on any atom is -0.207 e. The van der Waals surface area contributed by atoms with E-state index in [4.69, 9.17) is 23.2 Å². The molecule has 0 atom stereocenters. The molecule has 0 N–H and O–H groups in total. The van der Waals surface area contributed by atoms with Gasteiger partial charge >= 0.3 is 0 Å². The molecule has 2 rings (SSSR count). The number of nitrogens with zero attached hydrogens (tertiary/aromatic N) is 1. The van der Waals surface area contributed by atoms with Gasteiger partial charge in [-0.05, 0) is 36.5 Å². The average molecular weight is 322 g/mol. The highest BCUT2D eigenvalue weighted by atomic mass is 35.5. The molecule has 0 unspecified atom stereocenters. The van der Waals surface area contributed by atoms with Crippen LogP contribution in [0.3, 0.4) is 0 Å². The van der Waals surface area contributed by atoms with Gasteiger partial charge in [-0.3, -0.25) is 0 Å². The Labute approximate surface area is 124 Å². The van der Waals surface area contributed by atoms with E-state index in [-0.39, 0.29) is 10.8 Å². The predicted molar refractivity (Wildman–Crippen MR) is 78.2 cm³/mol. The van der Waals surface area contributed by atoms with Crippen LogP contribution >= 0.6 is 23.2 Å².